The Labute approximate surface area is 129 Å². The van der Waals surface area contributed by atoms with Gasteiger partial charge < -0.3 is 5.32 Å². The molecule has 2 aromatic rings. The second kappa shape index (κ2) is 6.47. The predicted molar refractivity (Wildman–Crippen MR) is 82.6 cm³/mol. The molecule has 0 aromatic heterocycles. The topological polar surface area (TPSA) is 12.0 Å². The van der Waals surface area contributed by atoms with Gasteiger partial charge in [-0.2, -0.15) is 13.2 Å². The third-order valence-corrected chi connectivity index (χ3v) is 3.78. The quantitative estimate of drug-likeness (QED) is 0.689. The summed E-state index contributed by atoms with van der Waals surface area (Å²) in [7, 11) is 0. The highest BCUT2D eigenvalue weighted by Crippen LogP contribution is 2.33. The van der Waals surface area contributed by atoms with Gasteiger partial charge >= 0.3 is 6.18 Å². The lowest BCUT2D eigenvalue weighted by Gasteiger charge is -2.22. The smallest absolute Gasteiger partial charge is 0.377 e. The number of rotatable bonds is 4. The fraction of sp³-hybridized carbons (Fsp3) is 0.200. The van der Waals surface area contributed by atoms with E-state index >= 15 is 0 Å². The Hall–Kier alpha value is -1.24. The van der Waals surface area contributed by atoms with E-state index in [4.69, 9.17) is 0 Å². The lowest BCUT2D eigenvalue weighted by atomic mass is 10.0. The van der Waals surface area contributed by atoms with E-state index in [0.717, 1.165) is 3.57 Å². The number of hydrogen-bond acceptors (Lipinski definition) is 1. The molecule has 0 aliphatic carbocycles. The lowest BCUT2D eigenvalue weighted by Crippen LogP contribution is -2.20. The molecule has 0 fully saturated rings. The predicted octanol–water partition coefficient (Wildman–Crippen LogP) is 5.40. The third-order valence-electron chi connectivity index (χ3n) is 2.84. The molecule has 0 amide bonds. The Morgan fingerprint density at radius 1 is 0.950 bits per heavy atom. The van der Waals surface area contributed by atoms with Crippen molar-refractivity contribution in [2.75, 3.05) is 5.32 Å². The summed E-state index contributed by atoms with van der Waals surface area (Å²) in [6, 6.07) is 15.2. The Morgan fingerprint density at radius 2 is 1.55 bits per heavy atom. The van der Waals surface area contributed by atoms with Crippen LogP contribution in [0.3, 0.4) is 0 Å². The molecule has 1 atom stereocenters. The van der Waals surface area contributed by atoms with Crippen molar-refractivity contribution in [3.05, 3.63) is 63.7 Å². The van der Waals surface area contributed by atoms with E-state index in [0.29, 0.717) is 11.3 Å². The molecule has 0 saturated carbocycles. The van der Waals surface area contributed by atoms with Gasteiger partial charge in [-0.15, -0.1) is 0 Å². The molecule has 2 aromatic carbocycles. The van der Waals surface area contributed by atoms with E-state index in [1.807, 2.05) is 12.1 Å². The number of hydrogen-bond donors (Lipinski definition) is 1. The molecule has 0 heterocycles. The van der Waals surface area contributed by atoms with E-state index in [1.165, 1.54) is 0 Å². The fourth-order valence-corrected chi connectivity index (χ4v) is 2.48. The van der Waals surface area contributed by atoms with Gasteiger partial charge in [0, 0.05) is 9.26 Å². The van der Waals surface area contributed by atoms with Crippen molar-refractivity contribution < 1.29 is 13.2 Å². The molecule has 1 unspecified atom stereocenters. The van der Waals surface area contributed by atoms with Gasteiger partial charge in [-0.05, 0) is 40.3 Å². The van der Waals surface area contributed by atoms with Crippen LogP contribution in [-0.2, 0) is 0 Å². The summed E-state index contributed by atoms with van der Waals surface area (Å²) < 4.78 is 39.2. The van der Waals surface area contributed by atoms with E-state index in [1.54, 1.807) is 42.5 Å². The standard InChI is InChI=1S/C15H13F3IN/c16-15(17,18)10-14(11-6-2-1-3-7-11)20-13-9-5-4-8-12(13)19/h1-9,14,20H,10H2. The molecule has 0 aliphatic heterocycles. The van der Waals surface area contributed by atoms with Crippen molar-refractivity contribution in [1.29, 1.82) is 0 Å². The summed E-state index contributed by atoms with van der Waals surface area (Å²) in [6.45, 7) is 0. The number of alkyl halides is 3. The molecule has 0 aliphatic rings. The Kier molecular flexibility index (Phi) is 4.91. The third kappa shape index (κ3) is 4.40. The molecular formula is C15H13F3IN. The number of anilines is 1. The second-order valence-corrected chi connectivity index (χ2v) is 5.57. The maximum absolute atomic E-state index is 12.8. The van der Waals surface area contributed by atoms with Gasteiger partial charge in [-0.3, -0.25) is 0 Å². The number of para-hydroxylation sites is 1. The van der Waals surface area contributed by atoms with Gasteiger partial charge in [-0.1, -0.05) is 42.5 Å². The zero-order valence-electron chi connectivity index (χ0n) is 10.5. The van der Waals surface area contributed by atoms with Crippen molar-refractivity contribution >= 4 is 28.3 Å². The minimum atomic E-state index is -4.21. The zero-order valence-corrected chi connectivity index (χ0v) is 12.6. The van der Waals surface area contributed by atoms with Gasteiger partial charge in [0.25, 0.3) is 0 Å². The van der Waals surface area contributed by atoms with Crippen LogP contribution in [0.5, 0.6) is 0 Å². The number of benzene rings is 2. The molecule has 0 radical (unpaired) electrons. The SMILES string of the molecule is FC(F)(F)CC(Nc1ccccc1I)c1ccccc1. The van der Waals surface area contributed by atoms with Crippen LogP contribution in [0, 0.1) is 3.57 Å². The molecule has 1 N–H and O–H groups in total. The van der Waals surface area contributed by atoms with Crippen molar-refractivity contribution in [1.82, 2.24) is 0 Å². The van der Waals surface area contributed by atoms with E-state index in [-0.39, 0.29) is 0 Å². The van der Waals surface area contributed by atoms with Crippen LogP contribution < -0.4 is 5.32 Å². The van der Waals surface area contributed by atoms with Gasteiger partial charge in [0.1, 0.15) is 0 Å². The van der Waals surface area contributed by atoms with Crippen molar-refractivity contribution in [2.24, 2.45) is 0 Å². The first-order valence-electron chi connectivity index (χ1n) is 6.08. The summed E-state index contributed by atoms with van der Waals surface area (Å²) in [5.74, 6) is 0. The normalized spacial score (nSPS) is 13.0. The van der Waals surface area contributed by atoms with Crippen LogP contribution in [-0.4, -0.2) is 6.18 Å². The first kappa shape index (κ1) is 15.2. The summed E-state index contributed by atoms with van der Waals surface area (Å²) in [5, 5.41) is 2.99. The van der Waals surface area contributed by atoms with E-state index in [2.05, 4.69) is 27.9 Å². The molecule has 2 rings (SSSR count). The molecule has 5 heteroatoms. The molecule has 20 heavy (non-hydrogen) atoms. The van der Waals surface area contributed by atoms with E-state index in [9.17, 15) is 13.2 Å². The molecular weight excluding hydrogens is 378 g/mol. The van der Waals surface area contributed by atoms with Gasteiger partial charge in [0.15, 0.2) is 0 Å². The summed E-state index contributed by atoms with van der Waals surface area (Å²) in [4.78, 5) is 0. The van der Waals surface area contributed by atoms with Crippen molar-refractivity contribution in [3.63, 3.8) is 0 Å². The Balaban J connectivity index is 2.26. The lowest BCUT2D eigenvalue weighted by molar-refractivity contribution is -0.137. The Bertz CT molecular complexity index is 555. The highest BCUT2D eigenvalue weighted by Gasteiger charge is 2.32. The average Bonchev–Trinajstić information content (AvgIpc) is 2.40. The summed E-state index contributed by atoms with van der Waals surface area (Å²) >= 11 is 2.11. The largest absolute Gasteiger partial charge is 0.391 e. The summed E-state index contributed by atoms with van der Waals surface area (Å²) in [5.41, 5.74) is 1.34. The van der Waals surface area contributed by atoms with Gasteiger partial charge in [0.2, 0.25) is 0 Å². The minimum Gasteiger partial charge on any atom is -0.377 e. The molecule has 1 nitrogen and oxygen atoms in total. The van der Waals surface area contributed by atoms with Crippen LogP contribution in [0.15, 0.2) is 54.6 Å². The summed E-state index contributed by atoms with van der Waals surface area (Å²) in [6.07, 6.45) is -5.12. The average molecular weight is 391 g/mol. The number of halogens is 4. The number of nitrogens with one attached hydrogen (secondary N) is 1. The minimum absolute atomic E-state index is 0.629. The molecule has 0 spiro atoms. The van der Waals surface area contributed by atoms with Gasteiger partial charge in [0.05, 0.1) is 12.5 Å². The van der Waals surface area contributed by atoms with Crippen LogP contribution in [0.1, 0.15) is 18.0 Å². The maximum atomic E-state index is 12.8. The highest BCUT2D eigenvalue weighted by atomic mass is 127. The maximum Gasteiger partial charge on any atom is 0.391 e. The van der Waals surface area contributed by atoms with E-state index < -0.39 is 18.6 Å². The van der Waals surface area contributed by atoms with Gasteiger partial charge in [-0.25, -0.2) is 0 Å². The van der Waals surface area contributed by atoms with Crippen molar-refractivity contribution in [2.45, 2.75) is 18.6 Å². The van der Waals surface area contributed by atoms with Crippen LogP contribution in [0.2, 0.25) is 0 Å². The van der Waals surface area contributed by atoms with Crippen LogP contribution in [0.25, 0.3) is 0 Å². The second-order valence-electron chi connectivity index (χ2n) is 4.41. The van der Waals surface area contributed by atoms with Crippen LogP contribution in [0.4, 0.5) is 18.9 Å². The Morgan fingerprint density at radius 3 is 2.15 bits per heavy atom. The highest BCUT2D eigenvalue weighted by molar-refractivity contribution is 14.1. The monoisotopic (exact) mass is 391 g/mol. The molecule has 106 valence electrons. The van der Waals surface area contributed by atoms with Crippen LogP contribution >= 0.6 is 22.6 Å². The first-order chi connectivity index (χ1) is 9.46. The molecule has 0 bridgehead atoms. The van der Waals surface area contributed by atoms with Crippen molar-refractivity contribution in [3.8, 4) is 0 Å². The first-order valence-corrected chi connectivity index (χ1v) is 7.16. The fourth-order valence-electron chi connectivity index (χ4n) is 1.93. The molecule has 0 saturated heterocycles. The zero-order chi connectivity index (χ0) is 14.6.